The number of carbonyl (C=O) groups excluding carboxylic acids is 1. The zero-order valence-electron chi connectivity index (χ0n) is 16.3. The fourth-order valence-electron chi connectivity index (χ4n) is 4.66. The first-order valence-electron chi connectivity index (χ1n) is 10.3. The molecule has 2 aliphatic heterocycles. The van der Waals surface area contributed by atoms with E-state index in [9.17, 15) is 18.5 Å². The van der Waals surface area contributed by atoms with Gasteiger partial charge in [0.1, 0.15) is 5.54 Å². The van der Waals surface area contributed by atoms with Crippen LogP contribution in [-0.4, -0.2) is 79.4 Å². The highest BCUT2D eigenvalue weighted by Crippen LogP contribution is 2.28. The molecule has 1 aliphatic carbocycles. The quantitative estimate of drug-likeness (QED) is 0.759. The minimum absolute atomic E-state index is 0.0408. The van der Waals surface area contributed by atoms with E-state index in [1.165, 1.54) is 0 Å². The molecule has 27 heavy (non-hydrogen) atoms. The minimum Gasteiger partial charge on any atom is -0.336 e. The van der Waals surface area contributed by atoms with Gasteiger partial charge in [0, 0.05) is 32.2 Å². The van der Waals surface area contributed by atoms with Gasteiger partial charge in [-0.15, -0.1) is 0 Å². The number of piperidine rings is 1. The van der Waals surface area contributed by atoms with Crippen molar-refractivity contribution in [3.05, 3.63) is 0 Å². The molecule has 3 rings (SSSR count). The van der Waals surface area contributed by atoms with Crippen LogP contribution in [0.2, 0.25) is 0 Å². The Morgan fingerprint density at radius 3 is 2.26 bits per heavy atom. The standard InChI is InChI=1S/C19H32N4O3S/c1-16(18(24)21-19(15-20)7-3-2-4-8-19)22-9-5-17(6-10-22)23-11-13-27(25,26)14-12-23/h16-17H,2-14H2,1H3,(H,21,24). The molecule has 0 aromatic carbocycles. The van der Waals surface area contributed by atoms with E-state index in [1.54, 1.807) is 0 Å². The number of amides is 1. The molecule has 2 heterocycles. The zero-order valence-corrected chi connectivity index (χ0v) is 17.1. The van der Waals surface area contributed by atoms with Gasteiger partial charge in [-0.05, 0) is 32.6 Å². The van der Waals surface area contributed by atoms with Crippen LogP contribution in [0, 0.1) is 11.3 Å². The number of nitriles is 1. The Morgan fingerprint density at radius 2 is 1.70 bits per heavy atom. The van der Waals surface area contributed by atoms with Crippen LogP contribution in [0.5, 0.6) is 0 Å². The highest BCUT2D eigenvalue weighted by atomic mass is 32.2. The van der Waals surface area contributed by atoms with E-state index < -0.39 is 15.4 Å². The zero-order chi connectivity index (χ0) is 19.5. The van der Waals surface area contributed by atoms with Crippen molar-refractivity contribution in [2.24, 2.45) is 0 Å². The summed E-state index contributed by atoms with van der Waals surface area (Å²) in [5.74, 6) is 0.492. The number of nitrogens with zero attached hydrogens (tertiary/aromatic N) is 3. The Morgan fingerprint density at radius 1 is 1.11 bits per heavy atom. The molecule has 8 heteroatoms. The van der Waals surface area contributed by atoms with E-state index in [-0.39, 0.29) is 23.5 Å². The summed E-state index contributed by atoms with van der Waals surface area (Å²) >= 11 is 0. The minimum atomic E-state index is -2.84. The van der Waals surface area contributed by atoms with Crippen molar-refractivity contribution >= 4 is 15.7 Å². The van der Waals surface area contributed by atoms with E-state index in [4.69, 9.17) is 0 Å². The summed E-state index contributed by atoms with van der Waals surface area (Å²) in [6.45, 7) is 4.86. The molecule has 2 saturated heterocycles. The average Bonchev–Trinajstić information content (AvgIpc) is 2.68. The van der Waals surface area contributed by atoms with Crippen molar-refractivity contribution in [3.63, 3.8) is 0 Å². The highest BCUT2D eigenvalue weighted by molar-refractivity contribution is 7.91. The van der Waals surface area contributed by atoms with Crippen molar-refractivity contribution < 1.29 is 13.2 Å². The molecule has 3 fully saturated rings. The van der Waals surface area contributed by atoms with Crippen LogP contribution < -0.4 is 5.32 Å². The van der Waals surface area contributed by atoms with Crippen LogP contribution in [0.1, 0.15) is 51.9 Å². The van der Waals surface area contributed by atoms with E-state index in [0.29, 0.717) is 19.1 Å². The van der Waals surface area contributed by atoms with Crippen molar-refractivity contribution in [1.29, 1.82) is 5.26 Å². The molecule has 152 valence electrons. The number of nitrogens with one attached hydrogen (secondary N) is 1. The Bertz CT molecular complexity index is 660. The van der Waals surface area contributed by atoms with Gasteiger partial charge >= 0.3 is 0 Å². The van der Waals surface area contributed by atoms with Gasteiger partial charge in [0.15, 0.2) is 9.84 Å². The number of hydrogen-bond acceptors (Lipinski definition) is 6. The van der Waals surface area contributed by atoms with Gasteiger partial charge in [0.2, 0.25) is 5.91 Å². The third-order valence-corrected chi connectivity index (χ3v) is 8.21. The summed E-state index contributed by atoms with van der Waals surface area (Å²) < 4.78 is 23.2. The molecule has 1 saturated carbocycles. The molecule has 1 amide bonds. The number of carbonyl (C=O) groups is 1. The van der Waals surface area contributed by atoms with Crippen LogP contribution in [0.25, 0.3) is 0 Å². The summed E-state index contributed by atoms with van der Waals surface area (Å²) in [7, 11) is -2.84. The normalized spacial score (nSPS) is 28.1. The summed E-state index contributed by atoms with van der Waals surface area (Å²) in [5.41, 5.74) is -0.679. The highest BCUT2D eigenvalue weighted by Gasteiger charge is 2.37. The van der Waals surface area contributed by atoms with Crippen LogP contribution in [0.3, 0.4) is 0 Å². The Labute approximate surface area is 163 Å². The van der Waals surface area contributed by atoms with Crippen LogP contribution in [0.15, 0.2) is 0 Å². The first kappa shape index (κ1) is 20.6. The van der Waals surface area contributed by atoms with E-state index in [2.05, 4.69) is 21.2 Å². The number of rotatable bonds is 4. The lowest BCUT2D eigenvalue weighted by Crippen LogP contribution is -2.57. The molecule has 0 aromatic heterocycles. The molecule has 1 N–H and O–H groups in total. The third kappa shape index (κ3) is 5.01. The summed E-state index contributed by atoms with van der Waals surface area (Å²) in [5, 5.41) is 12.6. The van der Waals surface area contributed by atoms with Gasteiger partial charge in [-0.3, -0.25) is 14.6 Å². The van der Waals surface area contributed by atoms with Gasteiger partial charge < -0.3 is 5.32 Å². The topological polar surface area (TPSA) is 93.5 Å². The molecular formula is C19H32N4O3S. The largest absolute Gasteiger partial charge is 0.336 e. The molecule has 0 spiro atoms. The summed E-state index contributed by atoms with van der Waals surface area (Å²) in [6.07, 6.45) is 6.56. The van der Waals surface area contributed by atoms with Crippen molar-refractivity contribution in [2.75, 3.05) is 37.7 Å². The Hall–Kier alpha value is -1.17. The SMILES string of the molecule is CC(C(=O)NC1(C#N)CCCCC1)N1CCC(N2CCS(=O)(=O)CC2)CC1. The monoisotopic (exact) mass is 396 g/mol. The second kappa shape index (κ2) is 8.46. The van der Waals surface area contributed by atoms with Gasteiger partial charge in [-0.2, -0.15) is 5.26 Å². The Balaban J connectivity index is 1.48. The second-order valence-corrected chi connectivity index (χ2v) is 10.7. The number of likely N-dealkylation sites (tertiary alicyclic amines) is 1. The van der Waals surface area contributed by atoms with Crippen LogP contribution in [0.4, 0.5) is 0 Å². The van der Waals surface area contributed by atoms with Gasteiger partial charge in [-0.25, -0.2) is 8.42 Å². The predicted molar refractivity (Wildman–Crippen MR) is 104 cm³/mol. The van der Waals surface area contributed by atoms with Gasteiger partial charge in [-0.1, -0.05) is 19.3 Å². The van der Waals surface area contributed by atoms with Crippen LogP contribution in [-0.2, 0) is 14.6 Å². The molecule has 0 bridgehead atoms. The van der Waals surface area contributed by atoms with E-state index in [1.807, 2.05) is 6.92 Å². The molecule has 7 nitrogen and oxygen atoms in total. The smallest absolute Gasteiger partial charge is 0.238 e. The number of hydrogen-bond donors (Lipinski definition) is 1. The van der Waals surface area contributed by atoms with Gasteiger partial charge in [0.05, 0.1) is 23.6 Å². The Kier molecular flexibility index (Phi) is 6.44. The lowest BCUT2D eigenvalue weighted by Gasteiger charge is -2.42. The molecule has 0 radical (unpaired) electrons. The average molecular weight is 397 g/mol. The first-order chi connectivity index (χ1) is 12.8. The second-order valence-electron chi connectivity index (χ2n) is 8.37. The maximum Gasteiger partial charge on any atom is 0.238 e. The molecule has 1 atom stereocenters. The molecule has 1 unspecified atom stereocenters. The first-order valence-corrected chi connectivity index (χ1v) is 12.1. The number of sulfone groups is 1. The predicted octanol–water partition coefficient (Wildman–Crippen LogP) is 0.912. The molecule has 0 aromatic rings. The van der Waals surface area contributed by atoms with Crippen molar-refractivity contribution in [2.45, 2.75) is 69.5 Å². The third-order valence-electron chi connectivity index (χ3n) is 6.61. The van der Waals surface area contributed by atoms with Gasteiger partial charge in [0.25, 0.3) is 0 Å². The van der Waals surface area contributed by atoms with Crippen LogP contribution >= 0.6 is 0 Å². The maximum atomic E-state index is 12.7. The van der Waals surface area contributed by atoms with Crippen molar-refractivity contribution in [3.8, 4) is 6.07 Å². The lowest BCUT2D eigenvalue weighted by atomic mass is 9.82. The summed E-state index contributed by atoms with van der Waals surface area (Å²) in [4.78, 5) is 17.2. The fourth-order valence-corrected chi connectivity index (χ4v) is 5.89. The molecule has 3 aliphatic rings. The van der Waals surface area contributed by atoms with Crippen molar-refractivity contribution in [1.82, 2.24) is 15.1 Å². The van der Waals surface area contributed by atoms with E-state index in [0.717, 1.165) is 58.0 Å². The van der Waals surface area contributed by atoms with E-state index >= 15 is 0 Å². The maximum absolute atomic E-state index is 12.7. The summed E-state index contributed by atoms with van der Waals surface area (Å²) in [6, 6.07) is 2.53. The molecular weight excluding hydrogens is 364 g/mol. The fraction of sp³-hybridized carbons (Fsp3) is 0.895. The lowest BCUT2D eigenvalue weighted by molar-refractivity contribution is -0.128.